The van der Waals surface area contributed by atoms with Crippen molar-refractivity contribution in [2.24, 2.45) is 5.92 Å². The number of rotatable bonds is 20. The van der Waals surface area contributed by atoms with Gasteiger partial charge in [-0.05, 0) is 18.8 Å². The molecule has 176 valence electrons. The van der Waals surface area contributed by atoms with Crippen LogP contribution >= 0.6 is 0 Å². The van der Waals surface area contributed by atoms with Crippen LogP contribution in [0.2, 0.25) is 0 Å². The molecule has 0 saturated carbocycles. The lowest BCUT2D eigenvalue weighted by Crippen LogP contribution is -2.27. The predicted octanol–water partition coefficient (Wildman–Crippen LogP) is 3.02. The van der Waals surface area contributed by atoms with Crippen molar-refractivity contribution in [2.45, 2.75) is 66.8 Å². The Hall–Kier alpha value is -0.730. The van der Waals surface area contributed by atoms with E-state index in [0.29, 0.717) is 71.2 Å². The van der Waals surface area contributed by atoms with E-state index in [9.17, 15) is 4.79 Å². The molecule has 0 heterocycles. The first-order valence-electron chi connectivity index (χ1n) is 11.3. The molecule has 1 amide bonds. The van der Waals surface area contributed by atoms with E-state index in [2.05, 4.69) is 38.3 Å². The lowest BCUT2D eigenvalue weighted by Gasteiger charge is -2.09. The van der Waals surface area contributed by atoms with Gasteiger partial charge in [0.2, 0.25) is 5.91 Å². The minimum absolute atomic E-state index is 0.0512. The monoisotopic (exact) mass is 420 g/mol. The van der Waals surface area contributed by atoms with E-state index in [1.807, 2.05) is 13.8 Å². The van der Waals surface area contributed by atoms with Crippen molar-refractivity contribution in [1.29, 1.82) is 0 Å². The molecule has 0 aromatic carbocycles. The Labute approximate surface area is 179 Å². The van der Waals surface area contributed by atoms with Crippen LogP contribution in [0, 0.1) is 5.92 Å². The van der Waals surface area contributed by atoms with E-state index >= 15 is 0 Å². The van der Waals surface area contributed by atoms with Crippen molar-refractivity contribution in [3.8, 4) is 0 Å². The number of nitrogens with one attached hydrogen (secondary N) is 2. The Morgan fingerprint density at radius 1 is 0.724 bits per heavy atom. The van der Waals surface area contributed by atoms with E-state index < -0.39 is 0 Å². The fourth-order valence-electron chi connectivity index (χ4n) is 2.17. The second-order valence-corrected chi connectivity index (χ2v) is 7.19. The van der Waals surface area contributed by atoms with Gasteiger partial charge in [-0.1, -0.05) is 41.5 Å². The van der Waals surface area contributed by atoms with Gasteiger partial charge in [-0.15, -0.1) is 0 Å². The number of carbonyl (C=O) groups excluding carboxylic acids is 1. The zero-order valence-electron chi connectivity index (χ0n) is 19.9. The topological polar surface area (TPSA) is 78.1 Å². The van der Waals surface area contributed by atoms with Gasteiger partial charge < -0.3 is 29.6 Å². The van der Waals surface area contributed by atoms with Gasteiger partial charge in [-0.3, -0.25) is 4.79 Å². The Balaban J connectivity index is 0. The minimum Gasteiger partial charge on any atom is -0.379 e. The Bertz CT molecular complexity index is 328. The highest BCUT2D eigenvalue weighted by molar-refractivity contribution is 5.75. The lowest BCUT2D eigenvalue weighted by molar-refractivity contribution is -0.122. The highest BCUT2D eigenvalue weighted by Crippen LogP contribution is 2.01. The van der Waals surface area contributed by atoms with Crippen LogP contribution in [0.4, 0.5) is 0 Å². The zero-order valence-corrected chi connectivity index (χ0v) is 19.9. The smallest absolute Gasteiger partial charge is 0.222 e. The van der Waals surface area contributed by atoms with E-state index in [-0.39, 0.29) is 5.91 Å². The summed E-state index contributed by atoms with van der Waals surface area (Å²) in [6, 6.07) is 0.489. The second-order valence-electron chi connectivity index (χ2n) is 7.19. The normalized spacial score (nSPS) is 10.9. The van der Waals surface area contributed by atoms with Gasteiger partial charge in [-0.25, -0.2) is 0 Å². The molecule has 0 spiro atoms. The largest absolute Gasteiger partial charge is 0.379 e. The highest BCUT2D eigenvalue weighted by atomic mass is 16.6. The fourth-order valence-corrected chi connectivity index (χ4v) is 2.17. The van der Waals surface area contributed by atoms with Crippen molar-refractivity contribution in [2.75, 3.05) is 65.9 Å². The van der Waals surface area contributed by atoms with Crippen LogP contribution in [0.1, 0.15) is 60.8 Å². The third-order valence-corrected chi connectivity index (χ3v) is 3.67. The molecule has 0 saturated heterocycles. The number of carbonyl (C=O) groups is 1. The molecular formula is C22H48N2O5. The molecule has 0 aliphatic carbocycles. The van der Waals surface area contributed by atoms with Crippen LogP contribution in [-0.2, 0) is 23.7 Å². The summed E-state index contributed by atoms with van der Waals surface area (Å²) in [6.07, 6.45) is 2.57. The van der Waals surface area contributed by atoms with Crippen molar-refractivity contribution in [1.82, 2.24) is 10.6 Å². The molecule has 0 unspecified atom stereocenters. The third-order valence-electron chi connectivity index (χ3n) is 3.67. The summed E-state index contributed by atoms with van der Waals surface area (Å²) in [7, 11) is 0. The average molecular weight is 421 g/mol. The maximum absolute atomic E-state index is 11.6. The second kappa shape index (κ2) is 25.3. The van der Waals surface area contributed by atoms with Crippen molar-refractivity contribution in [3.63, 3.8) is 0 Å². The molecule has 0 aliphatic heterocycles. The molecule has 0 rings (SSSR count). The Kier molecular flexibility index (Phi) is 26.6. The third kappa shape index (κ3) is 29.6. The van der Waals surface area contributed by atoms with E-state index in [1.54, 1.807) is 0 Å². The van der Waals surface area contributed by atoms with Crippen LogP contribution in [0.5, 0.6) is 0 Å². The molecule has 2 N–H and O–H groups in total. The maximum Gasteiger partial charge on any atom is 0.222 e. The summed E-state index contributed by atoms with van der Waals surface area (Å²) in [5.74, 6) is 0.733. The first kappa shape index (κ1) is 30.5. The molecule has 7 heteroatoms. The van der Waals surface area contributed by atoms with Crippen molar-refractivity contribution in [3.05, 3.63) is 0 Å². The number of amides is 1. The van der Waals surface area contributed by atoms with Gasteiger partial charge in [0.15, 0.2) is 0 Å². The summed E-state index contributed by atoms with van der Waals surface area (Å²) in [6.45, 7) is 18.6. The molecule has 0 atom stereocenters. The van der Waals surface area contributed by atoms with Crippen LogP contribution in [-0.4, -0.2) is 77.9 Å². The first-order chi connectivity index (χ1) is 14.0. The Morgan fingerprint density at radius 2 is 1.21 bits per heavy atom. The van der Waals surface area contributed by atoms with Crippen molar-refractivity contribution >= 4 is 5.91 Å². The molecule has 29 heavy (non-hydrogen) atoms. The predicted molar refractivity (Wildman–Crippen MR) is 119 cm³/mol. The van der Waals surface area contributed by atoms with Crippen molar-refractivity contribution < 1.29 is 23.7 Å². The van der Waals surface area contributed by atoms with Crippen LogP contribution in [0.3, 0.4) is 0 Å². The minimum atomic E-state index is 0.0512. The van der Waals surface area contributed by atoms with Crippen LogP contribution in [0.15, 0.2) is 0 Å². The van der Waals surface area contributed by atoms with Gasteiger partial charge >= 0.3 is 0 Å². The highest BCUT2D eigenvalue weighted by Gasteiger charge is 2.01. The molecule has 0 fully saturated rings. The number of hydrogen-bond acceptors (Lipinski definition) is 6. The zero-order chi connectivity index (χ0) is 22.2. The van der Waals surface area contributed by atoms with Gasteiger partial charge in [-0.2, -0.15) is 0 Å². The molecule has 0 aromatic heterocycles. The summed E-state index contributed by atoms with van der Waals surface area (Å²) in [5, 5.41) is 6.20. The van der Waals surface area contributed by atoms with Gasteiger partial charge in [0.1, 0.15) is 0 Å². The van der Waals surface area contributed by atoms with Gasteiger partial charge in [0.05, 0.1) is 52.9 Å². The number of ether oxygens (including phenoxy) is 4. The van der Waals surface area contributed by atoms with Crippen LogP contribution < -0.4 is 10.6 Å². The Morgan fingerprint density at radius 3 is 1.69 bits per heavy atom. The van der Waals surface area contributed by atoms with E-state index in [1.165, 1.54) is 0 Å². The van der Waals surface area contributed by atoms with Gasteiger partial charge in [0, 0.05) is 25.6 Å². The molecule has 0 bridgehead atoms. The first-order valence-corrected chi connectivity index (χ1v) is 11.3. The quantitative estimate of drug-likeness (QED) is 0.295. The summed E-state index contributed by atoms with van der Waals surface area (Å²) >= 11 is 0. The summed E-state index contributed by atoms with van der Waals surface area (Å²) < 4.78 is 21.7. The van der Waals surface area contributed by atoms with E-state index in [0.717, 1.165) is 25.9 Å². The SMILES string of the molecule is CC.CC(C)CCCNC(=O)CCOCCOCCOCCOCCNC(C)C. The standard InChI is InChI=1S/C20H42N2O5.C2H6/c1-18(2)6-5-8-22-20(23)7-10-24-12-14-26-16-17-27-15-13-25-11-9-21-19(3)4;1-2/h18-19,21H,5-17H2,1-4H3,(H,22,23);1-2H3. The average Bonchev–Trinajstić information content (AvgIpc) is 2.69. The molecule has 0 radical (unpaired) electrons. The van der Waals surface area contributed by atoms with E-state index in [4.69, 9.17) is 18.9 Å². The summed E-state index contributed by atoms with van der Waals surface area (Å²) in [5.41, 5.74) is 0. The van der Waals surface area contributed by atoms with Gasteiger partial charge in [0.25, 0.3) is 0 Å². The number of hydrogen-bond donors (Lipinski definition) is 2. The van der Waals surface area contributed by atoms with Crippen LogP contribution in [0.25, 0.3) is 0 Å². The fraction of sp³-hybridized carbons (Fsp3) is 0.955. The summed E-state index contributed by atoms with van der Waals surface area (Å²) in [4.78, 5) is 11.6. The lowest BCUT2D eigenvalue weighted by atomic mass is 10.1. The molecular weight excluding hydrogens is 372 g/mol. The molecule has 0 aromatic rings. The maximum atomic E-state index is 11.6. The molecule has 7 nitrogen and oxygen atoms in total. The molecule has 0 aliphatic rings.